The van der Waals surface area contributed by atoms with E-state index >= 15 is 0 Å². The monoisotopic (exact) mass is 420 g/mol. The van der Waals surface area contributed by atoms with Crippen LogP contribution in [0.2, 0.25) is 5.02 Å². The van der Waals surface area contributed by atoms with Gasteiger partial charge in [0.2, 0.25) is 0 Å². The van der Waals surface area contributed by atoms with Crippen molar-refractivity contribution in [3.8, 4) is 6.07 Å². The molecule has 0 aliphatic rings. The molecule has 144 valence electrons. The number of nitrogen functional groups attached to an aromatic ring is 1. The second-order valence-corrected chi connectivity index (χ2v) is 8.24. The fourth-order valence-corrected chi connectivity index (χ4v) is 4.13. The lowest BCUT2D eigenvalue weighted by atomic mass is 10.2. The molecule has 2 heterocycles. The molecular weight excluding hydrogens is 404 g/mol. The highest BCUT2D eigenvalue weighted by Crippen LogP contribution is 2.35. The molecule has 2 aromatic carbocycles. The predicted molar refractivity (Wildman–Crippen MR) is 116 cm³/mol. The van der Waals surface area contributed by atoms with Gasteiger partial charge in [-0.2, -0.15) is 5.26 Å². The van der Waals surface area contributed by atoms with Gasteiger partial charge in [-0.1, -0.05) is 53.7 Å². The first-order valence-corrected chi connectivity index (χ1v) is 10.2. The van der Waals surface area contributed by atoms with E-state index in [0.29, 0.717) is 16.7 Å². The molecule has 4 aromatic rings. The zero-order valence-corrected chi connectivity index (χ0v) is 17.2. The molecule has 0 amide bonds. The maximum Gasteiger partial charge on any atom is 0.190 e. The summed E-state index contributed by atoms with van der Waals surface area (Å²) in [7, 11) is 0. The molecule has 6 nitrogen and oxygen atoms in total. The van der Waals surface area contributed by atoms with Crippen LogP contribution in [-0.4, -0.2) is 19.5 Å². The van der Waals surface area contributed by atoms with Gasteiger partial charge in [-0.25, -0.2) is 15.0 Å². The van der Waals surface area contributed by atoms with Crippen LogP contribution in [0.15, 0.2) is 59.9 Å². The number of halogens is 1. The van der Waals surface area contributed by atoms with Crippen LogP contribution in [0, 0.1) is 11.3 Å². The fraction of sp³-hybridized carbons (Fsp3) is 0.143. The van der Waals surface area contributed by atoms with Crippen molar-refractivity contribution in [2.45, 2.75) is 23.9 Å². The molecule has 2 aromatic heterocycles. The maximum atomic E-state index is 9.01. The Balaban J connectivity index is 1.72. The zero-order chi connectivity index (χ0) is 20.4. The van der Waals surface area contributed by atoms with Crippen LogP contribution in [0.3, 0.4) is 0 Å². The van der Waals surface area contributed by atoms with Gasteiger partial charge < -0.3 is 10.3 Å². The van der Waals surface area contributed by atoms with Gasteiger partial charge in [0.15, 0.2) is 5.16 Å². The largest absolute Gasteiger partial charge is 0.382 e. The van der Waals surface area contributed by atoms with Crippen molar-refractivity contribution in [2.24, 2.45) is 0 Å². The molecule has 8 heteroatoms. The number of nitriles is 1. The molecule has 1 atom stereocenters. The van der Waals surface area contributed by atoms with E-state index in [1.165, 1.54) is 23.5 Å². The summed E-state index contributed by atoms with van der Waals surface area (Å²) in [6, 6.07) is 17.9. The van der Waals surface area contributed by atoms with Gasteiger partial charge in [0.05, 0.1) is 22.5 Å². The number of aromatic nitrogens is 4. The van der Waals surface area contributed by atoms with Crippen molar-refractivity contribution in [3.05, 3.63) is 76.7 Å². The van der Waals surface area contributed by atoms with Gasteiger partial charge >= 0.3 is 0 Å². The number of nitrogens with zero attached hydrogens (tertiary/aromatic N) is 5. The van der Waals surface area contributed by atoms with E-state index < -0.39 is 0 Å². The van der Waals surface area contributed by atoms with Crippen molar-refractivity contribution >= 4 is 40.2 Å². The van der Waals surface area contributed by atoms with Gasteiger partial charge in [0.1, 0.15) is 23.3 Å². The predicted octanol–water partition coefficient (Wildman–Crippen LogP) is 4.84. The third kappa shape index (κ3) is 4.04. The number of thioether (sulfide) groups is 1. The minimum absolute atomic E-state index is 0.0442. The summed E-state index contributed by atoms with van der Waals surface area (Å²) >= 11 is 7.63. The molecular formula is C21H17ClN6S. The van der Waals surface area contributed by atoms with Gasteiger partial charge in [0.25, 0.3) is 0 Å². The molecule has 0 aliphatic carbocycles. The molecule has 0 bridgehead atoms. The average Bonchev–Trinajstić information content (AvgIpc) is 3.06. The Bertz CT molecular complexity index is 1220. The summed E-state index contributed by atoms with van der Waals surface area (Å²) in [6.45, 7) is 2.74. The highest BCUT2D eigenvalue weighted by molar-refractivity contribution is 7.99. The van der Waals surface area contributed by atoms with E-state index in [1.54, 1.807) is 0 Å². The number of hydrogen-bond donors (Lipinski definition) is 1. The van der Waals surface area contributed by atoms with Gasteiger partial charge in [-0.3, -0.25) is 0 Å². The average molecular weight is 421 g/mol. The van der Waals surface area contributed by atoms with Gasteiger partial charge in [-0.15, -0.1) is 0 Å². The minimum Gasteiger partial charge on any atom is -0.382 e. The first-order valence-electron chi connectivity index (χ1n) is 8.94. The normalized spacial score (nSPS) is 12.0. The van der Waals surface area contributed by atoms with E-state index in [0.717, 1.165) is 16.9 Å². The standard InChI is InChI=1S/C21H17ClN6S/c1-13(29-21-25-11-15(10-23)19(24)27-21)20-26-17-9-16(22)7-8-18(17)28(20)12-14-5-3-2-4-6-14/h2-9,11,13H,12H2,1H3,(H2,24,25,27)/t13-/m0/s1. The zero-order valence-electron chi connectivity index (χ0n) is 15.6. The fourth-order valence-electron chi connectivity index (χ4n) is 3.10. The van der Waals surface area contributed by atoms with Crippen molar-refractivity contribution in [3.63, 3.8) is 0 Å². The molecule has 0 saturated carbocycles. The summed E-state index contributed by atoms with van der Waals surface area (Å²) in [5, 5.41) is 10.1. The summed E-state index contributed by atoms with van der Waals surface area (Å²) in [6.07, 6.45) is 1.45. The SMILES string of the molecule is C[C@H](Sc1ncc(C#N)c(N)n1)c1nc2cc(Cl)ccc2n1Cc1ccccc1. The van der Waals surface area contributed by atoms with E-state index in [1.807, 2.05) is 49.4 Å². The lowest BCUT2D eigenvalue weighted by molar-refractivity contribution is 0.744. The van der Waals surface area contributed by atoms with Crippen LogP contribution < -0.4 is 5.73 Å². The third-order valence-corrected chi connectivity index (χ3v) is 5.69. The number of rotatable bonds is 5. The quantitative estimate of drug-likeness (QED) is 0.367. The lowest BCUT2D eigenvalue weighted by Crippen LogP contribution is -2.07. The number of hydrogen-bond acceptors (Lipinski definition) is 6. The Morgan fingerprint density at radius 1 is 1.21 bits per heavy atom. The van der Waals surface area contributed by atoms with Crippen LogP contribution in [-0.2, 0) is 6.54 Å². The van der Waals surface area contributed by atoms with E-state index in [9.17, 15) is 0 Å². The number of imidazole rings is 1. The second kappa shape index (κ2) is 8.11. The van der Waals surface area contributed by atoms with Gasteiger partial charge in [0, 0.05) is 11.6 Å². The Morgan fingerprint density at radius 3 is 2.72 bits per heavy atom. The van der Waals surface area contributed by atoms with Crippen LogP contribution in [0.5, 0.6) is 0 Å². The number of benzene rings is 2. The smallest absolute Gasteiger partial charge is 0.190 e. The Labute approximate surface area is 177 Å². The minimum atomic E-state index is -0.0442. The topological polar surface area (TPSA) is 93.4 Å². The van der Waals surface area contributed by atoms with Crippen LogP contribution >= 0.6 is 23.4 Å². The van der Waals surface area contributed by atoms with Gasteiger partial charge in [-0.05, 0) is 30.7 Å². The number of fused-ring (bicyclic) bond motifs is 1. The highest BCUT2D eigenvalue weighted by Gasteiger charge is 2.20. The van der Waals surface area contributed by atoms with E-state index in [-0.39, 0.29) is 16.6 Å². The first-order chi connectivity index (χ1) is 14.0. The summed E-state index contributed by atoms with van der Waals surface area (Å²) in [5.74, 6) is 1.07. The lowest BCUT2D eigenvalue weighted by Gasteiger charge is -2.14. The maximum absolute atomic E-state index is 9.01. The molecule has 0 unspecified atom stereocenters. The molecule has 0 spiro atoms. The highest BCUT2D eigenvalue weighted by atomic mass is 35.5. The van der Waals surface area contributed by atoms with Crippen LogP contribution in [0.1, 0.15) is 29.1 Å². The van der Waals surface area contributed by atoms with Crippen molar-refractivity contribution in [1.29, 1.82) is 5.26 Å². The second-order valence-electron chi connectivity index (χ2n) is 6.50. The molecule has 29 heavy (non-hydrogen) atoms. The molecule has 0 aliphatic heterocycles. The Kier molecular flexibility index (Phi) is 5.38. The van der Waals surface area contributed by atoms with Crippen molar-refractivity contribution < 1.29 is 0 Å². The summed E-state index contributed by atoms with van der Waals surface area (Å²) in [5.41, 5.74) is 9.14. The summed E-state index contributed by atoms with van der Waals surface area (Å²) < 4.78 is 2.19. The molecule has 4 rings (SSSR count). The molecule has 0 radical (unpaired) electrons. The van der Waals surface area contributed by atoms with Crippen LogP contribution in [0.25, 0.3) is 11.0 Å². The summed E-state index contributed by atoms with van der Waals surface area (Å²) in [4.78, 5) is 13.3. The van der Waals surface area contributed by atoms with Crippen molar-refractivity contribution in [1.82, 2.24) is 19.5 Å². The van der Waals surface area contributed by atoms with Crippen LogP contribution in [0.4, 0.5) is 5.82 Å². The van der Waals surface area contributed by atoms with E-state index in [2.05, 4.69) is 26.7 Å². The van der Waals surface area contributed by atoms with E-state index in [4.69, 9.17) is 27.6 Å². The first kappa shape index (κ1) is 19.2. The molecule has 2 N–H and O–H groups in total. The molecule has 0 fully saturated rings. The molecule has 0 saturated heterocycles. The Morgan fingerprint density at radius 2 is 2.00 bits per heavy atom. The number of nitrogens with two attached hydrogens (primary N) is 1. The van der Waals surface area contributed by atoms with Crippen molar-refractivity contribution in [2.75, 3.05) is 5.73 Å². The number of anilines is 1. The Hall–Kier alpha value is -3.08. The third-order valence-electron chi connectivity index (χ3n) is 4.49.